The lowest BCUT2D eigenvalue weighted by Gasteiger charge is -2.20. The zero-order valence-corrected chi connectivity index (χ0v) is 16.2. The molecule has 6 heteroatoms. The summed E-state index contributed by atoms with van der Waals surface area (Å²) in [4.78, 5) is 24.7. The van der Waals surface area contributed by atoms with Gasteiger partial charge in [0.05, 0.1) is 6.61 Å². The first-order valence-corrected chi connectivity index (χ1v) is 9.09. The Morgan fingerprint density at radius 1 is 1.08 bits per heavy atom. The third-order valence-corrected chi connectivity index (χ3v) is 3.68. The fraction of sp³-hybridized carbons (Fsp3) is 0.579. The van der Waals surface area contributed by atoms with Crippen LogP contribution in [0, 0.1) is 11.8 Å². The lowest BCUT2D eigenvalue weighted by molar-refractivity contribution is -0.123. The Kier molecular flexibility index (Phi) is 9.53. The van der Waals surface area contributed by atoms with Crippen LogP contribution in [0.5, 0.6) is 0 Å². The molecule has 1 rings (SSSR count). The fourth-order valence-corrected chi connectivity index (χ4v) is 2.36. The van der Waals surface area contributed by atoms with Crippen molar-refractivity contribution in [1.82, 2.24) is 10.6 Å². The van der Waals surface area contributed by atoms with Gasteiger partial charge in [0, 0.05) is 23.7 Å². The molecule has 1 aromatic rings. The molecule has 2 amide bonds. The monoisotopic (exact) mass is 368 g/mol. The summed E-state index contributed by atoms with van der Waals surface area (Å²) < 4.78 is 5.45. The van der Waals surface area contributed by atoms with Crippen LogP contribution >= 0.6 is 11.6 Å². The van der Waals surface area contributed by atoms with Gasteiger partial charge in [-0.25, -0.2) is 0 Å². The third-order valence-electron chi connectivity index (χ3n) is 3.43. The smallest absolute Gasteiger partial charge is 0.251 e. The van der Waals surface area contributed by atoms with Crippen LogP contribution in [0.1, 0.15) is 44.5 Å². The Labute approximate surface area is 155 Å². The zero-order valence-electron chi connectivity index (χ0n) is 15.5. The number of carbonyl (C=O) groups excluding carboxylic acids is 2. The largest absolute Gasteiger partial charge is 0.379 e. The first-order chi connectivity index (χ1) is 11.8. The van der Waals surface area contributed by atoms with Crippen molar-refractivity contribution in [2.75, 3.05) is 19.8 Å². The molecule has 0 fully saturated rings. The molecule has 0 spiro atoms. The van der Waals surface area contributed by atoms with Gasteiger partial charge in [-0.15, -0.1) is 0 Å². The minimum absolute atomic E-state index is 0.191. The molecule has 1 aromatic carbocycles. The van der Waals surface area contributed by atoms with Gasteiger partial charge in [0.1, 0.15) is 6.04 Å². The van der Waals surface area contributed by atoms with E-state index in [4.69, 9.17) is 16.3 Å². The van der Waals surface area contributed by atoms with E-state index in [1.54, 1.807) is 24.3 Å². The van der Waals surface area contributed by atoms with Crippen LogP contribution in [-0.4, -0.2) is 37.6 Å². The van der Waals surface area contributed by atoms with E-state index in [1.165, 1.54) is 0 Å². The van der Waals surface area contributed by atoms with Gasteiger partial charge in [-0.1, -0.05) is 39.3 Å². The van der Waals surface area contributed by atoms with Crippen molar-refractivity contribution in [1.29, 1.82) is 0 Å². The Balaban J connectivity index is 2.55. The molecular formula is C19H29ClN2O3. The van der Waals surface area contributed by atoms with E-state index >= 15 is 0 Å². The standard InChI is InChI=1S/C19H29ClN2O3/c1-13(2)11-17(19(24)21-9-10-25-12-14(3)4)22-18(23)15-5-7-16(20)8-6-15/h5-8,13-14,17H,9-12H2,1-4H3,(H,21,24)(H,22,23). The predicted octanol–water partition coefficient (Wildman–Crippen LogP) is 3.27. The molecule has 0 aliphatic heterocycles. The van der Waals surface area contributed by atoms with Gasteiger partial charge in [-0.2, -0.15) is 0 Å². The third kappa shape index (κ3) is 8.89. The SMILES string of the molecule is CC(C)COCCNC(=O)C(CC(C)C)NC(=O)c1ccc(Cl)cc1. The van der Waals surface area contributed by atoms with Crippen LogP contribution in [0.3, 0.4) is 0 Å². The Hall–Kier alpha value is -1.59. The Morgan fingerprint density at radius 2 is 1.72 bits per heavy atom. The van der Waals surface area contributed by atoms with Crippen LogP contribution in [0.2, 0.25) is 5.02 Å². The Morgan fingerprint density at radius 3 is 2.28 bits per heavy atom. The average molecular weight is 369 g/mol. The lowest BCUT2D eigenvalue weighted by Crippen LogP contribution is -2.48. The summed E-state index contributed by atoms with van der Waals surface area (Å²) in [7, 11) is 0. The van der Waals surface area contributed by atoms with Gasteiger partial charge in [0.2, 0.25) is 5.91 Å². The highest BCUT2D eigenvalue weighted by molar-refractivity contribution is 6.30. The second-order valence-electron chi connectivity index (χ2n) is 6.92. The number of amides is 2. The molecule has 0 aliphatic rings. The Bertz CT molecular complexity index is 544. The number of halogens is 1. The van der Waals surface area contributed by atoms with E-state index in [2.05, 4.69) is 24.5 Å². The van der Waals surface area contributed by atoms with Crippen molar-refractivity contribution in [2.24, 2.45) is 11.8 Å². The normalized spacial score (nSPS) is 12.3. The maximum Gasteiger partial charge on any atom is 0.251 e. The molecule has 0 saturated heterocycles. The highest BCUT2D eigenvalue weighted by Crippen LogP contribution is 2.11. The summed E-state index contributed by atoms with van der Waals surface area (Å²) in [5.41, 5.74) is 0.478. The molecule has 140 valence electrons. The number of carbonyl (C=O) groups is 2. The first kappa shape index (κ1) is 21.5. The van der Waals surface area contributed by atoms with Crippen LogP contribution in [0.25, 0.3) is 0 Å². The summed E-state index contributed by atoms with van der Waals surface area (Å²) in [6, 6.07) is 6.01. The number of ether oxygens (including phenoxy) is 1. The van der Waals surface area contributed by atoms with Crippen molar-refractivity contribution in [3.05, 3.63) is 34.9 Å². The maximum absolute atomic E-state index is 12.4. The summed E-state index contributed by atoms with van der Waals surface area (Å²) >= 11 is 5.84. The van der Waals surface area contributed by atoms with Crippen molar-refractivity contribution in [3.63, 3.8) is 0 Å². The number of hydrogen-bond donors (Lipinski definition) is 2. The summed E-state index contributed by atoms with van der Waals surface area (Å²) in [6.07, 6.45) is 0.567. The van der Waals surface area contributed by atoms with Crippen LogP contribution in [-0.2, 0) is 9.53 Å². The van der Waals surface area contributed by atoms with Crippen molar-refractivity contribution >= 4 is 23.4 Å². The number of rotatable bonds is 10. The molecule has 0 aromatic heterocycles. The molecule has 0 heterocycles. The predicted molar refractivity (Wildman–Crippen MR) is 101 cm³/mol. The molecular weight excluding hydrogens is 340 g/mol. The van der Waals surface area contributed by atoms with Crippen LogP contribution in [0.15, 0.2) is 24.3 Å². The minimum Gasteiger partial charge on any atom is -0.379 e. The summed E-state index contributed by atoms with van der Waals surface area (Å²) in [5.74, 6) is 0.263. The van der Waals surface area contributed by atoms with E-state index in [9.17, 15) is 9.59 Å². The molecule has 25 heavy (non-hydrogen) atoms. The minimum atomic E-state index is -0.576. The van der Waals surface area contributed by atoms with E-state index in [0.29, 0.717) is 42.7 Å². The van der Waals surface area contributed by atoms with E-state index < -0.39 is 6.04 Å². The second kappa shape index (κ2) is 11.1. The topological polar surface area (TPSA) is 67.4 Å². The molecule has 0 bridgehead atoms. The zero-order chi connectivity index (χ0) is 18.8. The van der Waals surface area contributed by atoms with E-state index in [-0.39, 0.29) is 17.7 Å². The molecule has 2 N–H and O–H groups in total. The van der Waals surface area contributed by atoms with Crippen LogP contribution < -0.4 is 10.6 Å². The maximum atomic E-state index is 12.4. The molecule has 0 aliphatic carbocycles. The van der Waals surface area contributed by atoms with Gasteiger partial charge in [-0.05, 0) is 42.5 Å². The lowest BCUT2D eigenvalue weighted by atomic mass is 10.0. The highest BCUT2D eigenvalue weighted by Gasteiger charge is 2.22. The van der Waals surface area contributed by atoms with E-state index in [0.717, 1.165) is 0 Å². The number of nitrogens with one attached hydrogen (secondary N) is 2. The van der Waals surface area contributed by atoms with Crippen LogP contribution in [0.4, 0.5) is 0 Å². The summed E-state index contributed by atoms with van der Waals surface area (Å²) in [5, 5.41) is 6.20. The van der Waals surface area contributed by atoms with E-state index in [1.807, 2.05) is 13.8 Å². The highest BCUT2D eigenvalue weighted by atomic mass is 35.5. The van der Waals surface area contributed by atoms with Crippen molar-refractivity contribution in [3.8, 4) is 0 Å². The van der Waals surface area contributed by atoms with Gasteiger partial charge < -0.3 is 15.4 Å². The van der Waals surface area contributed by atoms with Crippen molar-refractivity contribution in [2.45, 2.75) is 40.2 Å². The van der Waals surface area contributed by atoms with Gasteiger partial charge in [0.25, 0.3) is 5.91 Å². The number of hydrogen-bond acceptors (Lipinski definition) is 3. The first-order valence-electron chi connectivity index (χ1n) is 8.71. The van der Waals surface area contributed by atoms with Gasteiger partial charge in [-0.3, -0.25) is 9.59 Å². The summed E-state index contributed by atoms with van der Waals surface area (Å²) in [6.45, 7) is 9.73. The van der Waals surface area contributed by atoms with Crippen molar-refractivity contribution < 1.29 is 14.3 Å². The molecule has 0 radical (unpaired) electrons. The molecule has 0 saturated carbocycles. The van der Waals surface area contributed by atoms with Gasteiger partial charge in [0.15, 0.2) is 0 Å². The second-order valence-corrected chi connectivity index (χ2v) is 7.36. The molecule has 5 nitrogen and oxygen atoms in total. The molecule has 1 unspecified atom stereocenters. The average Bonchev–Trinajstić information content (AvgIpc) is 2.53. The number of benzene rings is 1. The molecule has 1 atom stereocenters. The fourth-order valence-electron chi connectivity index (χ4n) is 2.23. The van der Waals surface area contributed by atoms with Gasteiger partial charge >= 0.3 is 0 Å². The quantitative estimate of drug-likeness (QED) is 0.623.